The van der Waals surface area contributed by atoms with Gasteiger partial charge in [0.05, 0.1) is 28.7 Å². The van der Waals surface area contributed by atoms with Gasteiger partial charge in [-0.05, 0) is 109 Å². The van der Waals surface area contributed by atoms with E-state index in [-0.39, 0.29) is 0 Å². The molecule has 0 atom stereocenters. The first-order chi connectivity index (χ1) is 36.6. The van der Waals surface area contributed by atoms with Gasteiger partial charge in [-0.3, -0.25) is 15.0 Å². The smallest absolute Gasteiger partial charge is 0.0998 e. The molecule has 0 unspecified atom stereocenters. The summed E-state index contributed by atoms with van der Waals surface area (Å²) in [7, 11) is 0. The molecule has 3 aromatic heterocycles. The fourth-order valence-electron chi connectivity index (χ4n) is 10.0. The molecule has 0 saturated heterocycles. The summed E-state index contributed by atoms with van der Waals surface area (Å²) in [6.45, 7) is 0. The Morgan fingerprint density at radius 1 is 0.216 bits per heavy atom. The van der Waals surface area contributed by atoms with Gasteiger partial charge in [0.2, 0.25) is 0 Å². The van der Waals surface area contributed by atoms with Crippen molar-refractivity contribution >= 4 is 0 Å². The van der Waals surface area contributed by atoms with E-state index in [2.05, 4.69) is 188 Å². The van der Waals surface area contributed by atoms with Crippen molar-refractivity contribution in [3.63, 3.8) is 0 Å². The van der Waals surface area contributed by atoms with Crippen LogP contribution in [0, 0.1) is 11.3 Å². The first kappa shape index (κ1) is 45.1. The maximum absolute atomic E-state index is 10.9. The van der Waals surface area contributed by atoms with Crippen molar-refractivity contribution in [3.05, 3.63) is 285 Å². The fourth-order valence-corrected chi connectivity index (χ4v) is 10.0. The van der Waals surface area contributed by atoms with Crippen LogP contribution in [0.2, 0.25) is 0 Å². The number of nitrogens with zero attached hydrogens (tertiary/aromatic N) is 4. The van der Waals surface area contributed by atoms with Crippen molar-refractivity contribution in [1.29, 1.82) is 5.26 Å². The molecule has 0 N–H and O–H groups in total. The molecular weight excluding hydrogens is 897 g/mol. The Kier molecular flexibility index (Phi) is 12.4. The number of nitriles is 1. The van der Waals surface area contributed by atoms with Crippen molar-refractivity contribution in [2.45, 2.75) is 0 Å². The third-order valence-corrected chi connectivity index (χ3v) is 13.7. The number of hydrogen-bond donors (Lipinski definition) is 0. The summed E-state index contributed by atoms with van der Waals surface area (Å²) in [6.07, 6.45) is 5.95. The average molecular weight is 943 g/mol. The van der Waals surface area contributed by atoms with Gasteiger partial charge in [0.25, 0.3) is 0 Å². The SMILES string of the molecule is N#Cc1cc(-c2ccccc2)ccc1-c1cc(-c2ccccc2)ncc1-c1ccccc1-c1cc(-c2ccccc2-c2ccc(-c3ccccc3)nc2)cc(-c2ccccc2-c2ccc(-c3ccccc3)nc2)c1. The van der Waals surface area contributed by atoms with Crippen LogP contribution in [-0.4, -0.2) is 15.0 Å². The lowest BCUT2D eigenvalue weighted by molar-refractivity contribution is 1.32. The monoisotopic (exact) mass is 942 g/mol. The maximum atomic E-state index is 10.9. The lowest BCUT2D eigenvalue weighted by Gasteiger charge is -2.19. The minimum Gasteiger partial charge on any atom is -0.256 e. The Labute approximate surface area is 431 Å². The number of benzene rings is 9. The lowest BCUT2D eigenvalue weighted by Crippen LogP contribution is -1.96. The van der Waals surface area contributed by atoms with Crippen LogP contribution in [0.15, 0.2) is 279 Å². The molecule has 0 aliphatic heterocycles. The van der Waals surface area contributed by atoms with Crippen LogP contribution in [-0.2, 0) is 0 Å². The van der Waals surface area contributed by atoms with E-state index >= 15 is 0 Å². The minimum atomic E-state index is 0.588. The highest BCUT2D eigenvalue weighted by Gasteiger charge is 2.21. The second-order valence-corrected chi connectivity index (χ2v) is 18.3. The summed E-state index contributed by atoms with van der Waals surface area (Å²) in [6, 6.07) is 93.2. The first-order valence-corrected chi connectivity index (χ1v) is 24.8. The molecule has 0 amide bonds. The Morgan fingerprint density at radius 2 is 0.581 bits per heavy atom. The van der Waals surface area contributed by atoms with Crippen LogP contribution in [0.4, 0.5) is 0 Å². The molecular formula is C70H46N4. The van der Waals surface area contributed by atoms with E-state index < -0.39 is 0 Å². The molecule has 74 heavy (non-hydrogen) atoms. The minimum absolute atomic E-state index is 0.588. The van der Waals surface area contributed by atoms with Crippen molar-refractivity contribution in [2.75, 3.05) is 0 Å². The van der Waals surface area contributed by atoms with E-state index in [1.54, 1.807) is 0 Å². The van der Waals surface area contributed by atoms with Gasteiger partial charge in [0.15, 0.2) is 0 Å². The zero-order valence-corrected chi connectivity index (χ0v) is 40.3. The summed E-state index contributed by atoms with van der Waals surface area (Å²) in [5.41, 5.74) is 22.7. The third kappa shape index (κ3) is 9.10. The third-order valence-electron chi connectivity index (χ3n) is 13.7. The molecule has 0 radical (unpaired) electrons. The van der Waals surface area contributed by atoms with E-state index in [0.717, 1.165) is 123 Å². The molecule has 0 spiro atoms. The zero-order chi connectivity index (χ0) is 49.6. The molecule has 0 aliphatic carbocycles. The molecule has 0 saturated carbocycles. The van der Waals surface area contributed by atoms with Gasteiger partial charge < -0.3 is 0 Å². The largest absolute Gasteiger partial charge is 0.256 e. The number of rotatable bonds is 11. The molecule has 0 fully saturated rings. The van der Waals surface area contributed by atoms with E-state index in [1.807, 2.05) is 97.5 Å². The van der Waals surface area contributed by atoms with Crippen molar-refractivity contribution in [1.82, 2.24) is 15.0 Å². The molecule has 4 nitrogen and oxygen atoms in total. The summed E-state index contributed by atoms with van der Waals surface area (Å²) < 4.78 is 0. The predicted octanol–water partition coefficient (Wildman–Crippen LogP) is 18.1. The summed E-state index contributed by atoms with van der Waals surface area (Å²) in [5.74, 6) is 0. The van der Waals surface area contributed by atoms with Crippen LogP contribution in [0.3, 0.4) is 0 Å². The van der Waals surface area contributed by atoms with Gasteiger partial charge >= 0.3 is 0 Å². The maximum Gasteiger partial charge on any atom is 0.0998 e. The molecule has 9 aromatic carbocycles. The second kappa shape index (κ2) is 20.3. The summed E-state index contributed by atoms with van der Waals surface area (Å²) >= 11 is 0. The van der Waals surface area contributed by atoms with Gasteiger partial charge in [-0.25, -0.2) is 0 Å². The Hall–Kier alpha value is -10.1. The number of pyridine rings is 3. The van der Waals surface area contributed by atoms with Crippen LogP contribution in [0.5, 0.6) is 0 Å². The average Bonchev–Trinajstić information content (AvgIpc) is 3.50. The standard InChI is InChI=1S/C70H46N4/c71-44-58-39-52(48-19-5-1-6-20-48)33-36-64(58)66-43-70(51-25-11-4-12-26-51)74-47-67(66)65-32-18-17-31-63(65)57-41-55(61-29-15-13-27-59(61)53-34-37-68(72-45-53)49-21-7-2-8-22-49)40-56(42-57)62-30-16-14-28-60(62)54-35-38-69(73-46-54)50-23-9-3-10-24-50/h1-43,45-47H. The topological polar surface area (TPSA) is 62.5 Å². The Bertz CT molecular complexity index is 3830. The first-order valence-electron chi connectivity index (χ1n) is 24.8. The van der Waals surface area contributed by atoms with E-state index in [4.69, 9.17) is 15.0 Å². The molecule has 0 aliphatic rings. The highest BCUT2D eigenvalue weighted by Crippen LogP contribution is 2.45. The molecule has 12 rings (SSSR count). The van der Waals surface area contributed by atoms with Crippen LogP contribution >= 0.6 is 0 Å². The highest BCUT2D eigenvalue weighted by atomic mass is 14.7. The van der Waals surface area contributed by atoms with Gasteiger partial charge in [0.1, 0.15) is 0 Å². The lowest BCUT2D eigenvalue weighted by atomic mass is 9.85. The van der Waals surface area contributed by atoms with Gasteiger partial charge in [-0.15, -0.1) is 0 Å². The summed E-state index contributed by atoms with van der Waals surface area (Å²) in [4.78, 5) is 15.1. The Balaban J connectivity index is 1.05. The van der Waals surface area contributed by atoms with E-state index in [0.29, 0.717) is 5.56 Å². The fraction of sp³-hybridized carbons (Fsp3) is 0. The van der Waals surface area contributed by atoms with Gasteiger partial charge in [-0.2, -0.15) is 5.26 Å². The van der Waals surface area contributed by atoms with Crippen molar-refractivity contribution in [2.24, 2.45) is 0 Å². The molecule has 346 valence electrons. The molecule has 3 heterocycles. The summed E-state index contributed by atoms with van der Waals surface area (Å²) in [5, 5.41) is 10.9. The normalized spacial score (nSPS) is 11.0. The van der Waals surface area contributed by atoms with E-state index in [1.165, 1.54) is 0 Å². The van der Waals surface area contributed by atoms with Crippen molar-refractivity contribution < 1.29 is 0 Å². The molecule has 12 aromatic rings. The van der Waals surface area contributed by atoms with E-state index in [9.17, 15) is 5.26 Å². The molecule has 0 bridgehead atoms. The number of aromatic nitrogens is 3. The highest BCUT2D eigenvalue weighted by molar-refractivity contribution is 5.98. The van der Waals surface area contributed by atoms with Crippen LogP contribution in [0.1, 0.15) is 5.56 Å². The number of hydrogen-bond acceptors (Lipinski definition) is 4. The van der Waals surface area contributed by atoms with Crippen LogP contribution in [0.25, 0.3) is 123 Å². The predicted molar refractivity (Wildman–Crippen MR) is 304 cm³/mol. The van der Waals surface area contributed by atoms with Crippen LogP contribution < -0.4 is 0 Å². The molecule has 4 heteroatoms. The Morgan fingerprint density at radius 3 is 1.01 bits per heavy atom. The zero-order valence-electron chi connectivity index (χ0n) is 40.3. The van der Waals surface area contributed by atoms with Gasteiger partial charge in [0, 0.05) is 57.5 Å². The van der Waals surface area contributed by atoms with Crippen molar-refractivity contribution in [3.8, 4) is 129 Å². The van der Waals surface area contributed by atoms with Gasteiger partial charge in [-0.1, -0.05) is 218 Å². The second-order valence-electron chi connectivity index (χ2n) is 18.3. The quantitative estimate of drug-likeness (QED) is 0.130.